The van der Waals surface area contributed by atoms with E-state index in [2.05, 4.69) is 0 Å². The first-order chi connectivity index (χ1) is 9.32. The third kappa shape index (κ3) is 3.87. The van der Waals surface area contributed by atoms with Gasteiger partial charge < -0.3 is 9.84 Å². The average Bonchev–Trinajstić information content (AvgIpc) is 2.37. The lowest BCUT2D eigenvalue weighted by atomic mass is 10.2. The molecule has 0 heterocycles. The summed E-state index contributed by atoms with van der Waals surface area (Å²) in [6.45, 7) is -0.200. The summed E-state index contributed by atoms with van der Waals surface area (Å²) in [4.78, 5) is -0.107. The van der Waals surface area contributed by atoms with Crippen LogP contribution in [0.15, 0.2) is 23.1 Å². The molecule has 0 unspecified atom stereocenters. The van der Waals surface area contributed by atoms with Crippen LogP contribution in [-0.4, -0.2) is 51.1 Å². The quantitative estimate of drug-likeness (QED) is 0.823. The van der Waals surface area contributed by atoms with Gasteiger partial charge in [0, 0.05) is 6.54 Å². The molecule has 0 fully saturated rings. The Hall–Kier alpha value is -1.25. The third-order valence-electron chi connectivity index (χ3n) is 2.70. The number of sulfonamides is 1. The van der Waals surface area contributed by atoms with Crippen molar-refractivity contribution in [1.82, 2.24) is 4.31 Å². The smallest absolute Gasteiger partial charge is 0.252 e. The van der Waals surface area contributed by atoms with Crippen molar-refractivity contribution >= 4 is 10.0 Å². The van der Waals surface area contributed by atoms with Gasteiger partial charge in [0.15, 0.2) is 0 Å². The number of ether oxygens (including phenoxy) is 1. The Balaban J connectivity index is 3.15. The van der Waals surface area contributed by atoms with Crippen molar-refractivity contribution in [3.05, 3.63) is 23.8 Å². The van der Waals surface area contributed by atoms with Crippen LogP contribution in [0, 0.1) is 6.92 Å². The number of benzene rings is 1. The van der Waals surface area contributed by atoms with Gasteiger partial charge in [-0.05, 0) is 30.7 Å². The van der Waals surface area contributed by atoms with Crippen molar-refractivity contribution in [3.8, 4) is 5.75 Å². The van der Waals surface area contributed by atoms with Crippen molar-refractivity contribution in [3.63, 3.8) is 0 Å². The maximum absolute atomic E-state index is 12.4. The highest BCUT2D eigenvalue weighted by Crippen LogP contribution is 2.24. The molecule has 0 amide bonds. The largest absolute Gasteiger partial charge is 0.496 e. The van der Waals surface area contributed by atoms with Gasteiger partial charge in [0.05, 0.1) is 25.2 Å². The zero-order chi connectivity index (χ0) is 15.3. The number of halogens is 2. The van der Waals surface area contributed by atoms with Crippen LogP contribution in [0.4, 0.5) is 8.78 Å². The van der Waals surface area contributed by atoms with E-state index in [1.807, 2.05) is 0 Å². The van der Waals surface area contributed by atoms with Crippen LogP contribution in [0.5, 0.6) is 5.75 Å². The van der Waals surface area contributed by atoms with Crippen molar-refractivity contribution in [2.45, 2.75) is 18.2 Å². The molecule has 0 aromatic heterocycles. The molecule has 5 nitrogen and oxygen atoms in total. The van der Waals surface area contributed by atoms with Crippen LogP contribution < -0.4 is 4.74 Å². The van der Waals surface area contributed by atoms with Gasteiger partial charge in [0.2, 0.25) is 10.0 Å². The van der Waals surface area contributed by atoms with Gasteiger partial charge in [-0.2, -0.15) is 4.31 Å². The van der Waals surface area contributed by atoms with E-state index >= 15 is 0 Å². The molecule has 0 aliphatic heterocycles. The predicted molar refractivity (Wildman–Crippen MR) is 69.6 cm³/mol. The number of nitrogens with zero attached hydrogens (tertiary/aromatic N) is 1. The molecular formula is C12H17F2NO4S. The Morgan fingerprint density at radius 1 is 1.40 bits per heavy atom. The topological polar surface area (TPSA) is 66.8 Å². The second kappa shape index (κ2) is 6.96. The summed E-state index contributed by atoms with van der Waals surface area (Å²) < 4.78 is 55.0. The van der Waals surface area contributed by atoms with Gasteiger partial charge >= 0.3 is 0 Å². The highest BCUT2D eigenvalue weighted by atomic mass is 32.2. The Bertz CT molecular complexity index is 548. The lowest BCUT2D eigenvalue weighted by molar-refractivity contribution is 0.113. The Morgan fingerprint density at radius 3 is 2.50 bits per heavy atom. The lowest BCUT2D eigenvalue weighted by Crippen LogP contribution is -2.37. The molecule has 1 aromatic rings. The molecule has 20 heavy (non-hydrogen) atoms. The summed E-state index contributed by atoms with van der Waals surface area (Å²) in [5.74, 6) is 0.506. The molecule has 0 saturated carbocycles. The summed E-state index contributed by atoms with van der Waals surface area (Å²) >= 11 is 0. The minimum atomic E-state index is -4.07. The number of aliphatic hydroxyl groups is 1. The van der Waals surface area contributed by atoms with Crippen molar-refractivity contribution in [2.24, 2.45) is 0 Å². The first-order valence-electron chi connectivity index (χ1n) is 5.86. The molecule has 1 aromatic carbocycles. The highest BCUT2D eigenvalue weighted by Gasteiger charge is 2.27. The van der Waals surface area contributed by atoms with Crippen LogP contribution in [-0.2, 0) is 10.0 Å². The molecule has 1 rings (SSSR count). The predicted octanol–water partition coefficient (Wildman–Crippen LogP) is 1.25. The van der Waals surface area contributed by atoms with E-state index in [1.165, 1.54) is 25.3 Å². The molecule has 0 aliphatic carbocycles. The minimum Gasteiger partial charge on any atom is -0.496 e. The summed E-state index contributed by atoms with van der Waals surface area (Å²) in [6, 6.07) is 4.10. The molecule has 114 valence electrons. The third-order valence-corrected chi connectivity index (χ3v) is 4.56. The Labute approximate surface area is 116 Å². The molecular weight excluding hydrogens is 292 g/mol. The van der Waals surface area contributed by atoms with E-state index in [9.17, 15) is 17.2 Å². The Morgan fingerprint density at radius 2 is 2.05 bits per heavy atom. The van der Waals surface area contributed by atoms with E-state index in [0.717, 1.165) is 0 Å². The fourth-order valence-corrected chi connectivity index (χ4v) is 3.23. The fraction of sp³-hybridized carbons (Fsp3) is 0.500. The van der Waals surface area contributed by atoms with E-state index in [4.69, 9.17) is 9.84 Å². The number of alkyl halides is 2. The maximum Gasteiger partial charge on any atom is 0.252 e. The monoisotopic (exact) mass is 309 g/mol. The van der Waals surface area contributed by atoms with Crippen LogP contribution >= 0.6 is 0 Å². The lowest BCUT2D eigenvalue weighted by Gasteiger charge is -2.21. The minimum absolute atomic E-state index is 0.107. The Kier molecular flexibility index (Phi) is 5.85. The first kappa shape index (κ1) is 16.8. The van der Waals surface area contributed by atoms with Crippen LogP contribution in [0.25, 0.3) is 0 Å². The summed E-state index contributed by atoms with van der Waals surface area (Å²) in [7, 11) is -2.62. The molecule has 0 atom stereocenters. The van der Waals surface area contributed by atoms with Gasteiger partial charge in [-0.15, -0.1) is 0 Å². The van der Waals surface area contributed by atoms with E-state index < -0.39 is 29.6 Å². The van der Waals surface area contributed by atoms with Crippen molar-refractivity contribution in [2.75, 3.05) is 26.8 Å². The van der Waals surface area contributed by atoms with Gasteiger partial charge in [-0.25, -0.2) is 17.2 Å². The summed E-state index contributed by atoms with van der Waals surface area (Å²) in [5, 5.41) is 8.83. The van der Waals surface area contributed by atoms with Gasteiger partial charge in [-0.1, -0.05) is 0 Å². The molecule has 0 bridgehead atoms. The standard InChI is InChI=1S/C12H17F2NO4S/c1-9-7-10(3-4-11(9)19-2)20(17,18)15(5-6-16)8-12(13)14/h3-4,7,12,16H,5-6,8H2,1-2H3. The van der Waals surface area contributed by atoms with Crippen LogP contribution in [0.3, 0.4) is 0 Å². The molecule has 0 spiro atoms. The van der Waals surface area contributed by atoms with Crippen molar-refractivity contribution in [1.29, 1.82) is 0 Å². The zero-order valence-corrected chi connectivity index (χ0v) is 12.0. The number of aryl methyl sites for hydroxylation is 1. The molecule has 0 saturated heterocycles. The van der Waals surface area contributed by atoms with Crippen LogP contribution in [0.2, 0.25) is 0 Å². The van der Waals surface area contributed by atoms with Crippen molar-refractivity contribution < 1.29 is 27.0 Å². The number of aliphatic hydroxyl groups excluding tert-OH is 1. The van der Waals surface area contributed by atoms with E-state index in [-0.39, 0.29) is 11.4 Å². The second-order valence-corrected chi connectivity index (χ2v) is 6.05. The van der Waals surface area contributed by atoms with Gasteiger partial charge in [-0.3, -0.25) is 0 Å². The van der Waals surface area contributed by atoms with Crippen LogP contribution in [0.1, 0.15) is 5.56 Å². The second-order valence-electron chi connectivity index (χ2n) is 4.11. The fourth-order valence-electron chi connectivity index (χ4n) is 1.74. The first-order valence-corrected chi connectivity index (χ1v) is 7.30. The van der Waals surface area contributed by atoms with Gasteiger partial charge in [0.1, 0.15) is 5.75 Å². The summed E-state index contributed by atoms with van der Waals surface area (Å²) in [5.41, 5.74) is 0.578. The highest BCUT2D eigenvalue weighted by molar-refractivity contribution is 7.89. The molecule has 0 aliphatic rings. The zero-order valence-electron chi connectivity index (χ0n) is 11.2. The van der Waals surface area contributed by atoms with Gasteiger partial charge in [0.25, 0.3) is 6.43 Å². The number of hydrogen-bond acceptors (Lipinski definition) is 4. The van der Waals surface area contributed by atoms with E-state index in [0.29, 0.717) is 15.6 Å². The molecule has 0 radical (unpaired) electrons. The molecule has 1 N–H and O–H groups in total. The number of hydrogen-bond donors (Lipinski definition) is 1. The van der Waals surface area contributed by atoms with E-state index in [1.54, 1.807) is 6.92 Å². The maximum atomic E-state index is 12.4. The SMILES string of the molecule is COc1ccc(S(=O)(=O)N(CCO)CC(F)F)cc1C. The average molecular weight is 309 g/mol. The summed E-state index contributed by atoms with van der Waals surface area (Å²) in [6.07, 6.45) is -2.81. The molecule has 8 heteroatoms. The normalized spacial score (nSPS) is 12.2. The number of rotatable bonds is 7. The number of methoxy groups -OCH3 is 1.